The molecule has 1 aromatic carbocycles. The molecule has 0 saturated carbocycles. The molecule has 19 heavy (non-hydrogen) atoms. The Hall–Kier alpha value is -1.92. The van der Waals surface area contributed by atoms with Crippen molar-refractivity contribution in [3.05, 3.63) is 35.9 Å². The van der Waals surface area contributed by atoms with Crippen molar-refractivity contribution in [2.45, 2.75) is 12.1 Å². The number of carbonyl (C=O) groups excluding carboxylic acids is 1. The van der Waals surface area contributed by atoms with Crippen LogP contribution in [0.25, 0.3) is 0 Å². The van der Waals surface area contributed by atoms with Crippen LogP contribution in [0.4, 0.5) is 0 Å². The minimum Gasteiger partial charge on any atom is -0.479 e. The highest BCUT2D eigenvalue weighted by Gasteiger charge is 2.31. The zero-order chi connectivity index (χ0) is 13.8. The maximum absolute atomic E-state index is 12.2. The highest BCUT2D eigenvalue weighted by atomic mass is 16.5. The molecule has 0 aromatic heterocycles. The molecule has 0 bridgehead atoms. The quantitative estimate of drug-likeness (QED) is 0.801. The van der Waals surface area contributed by atoms with E-state index in [4.69, 9.17) is 15.6 Å². The average molecular weight is 264 g/mol. The molecule has 102 valence electrons. The number of nitrogens with zero attached hydrogens (tertiary/aromatic N) is 1. The van der Waals surface area contributed by atoms with E-state index in [0.717, 1.165) is 0 Å². The first kappa shape index (κ1) is 13.5. The maximum atomic E-state index is 12.2. The number of amides is 1. The van der Waals surface area contributed by atoms with E-state index in [-0.39, 0.29) is 19.1 Å². The smallest absolute Gasteiger partial charge is 0.334 e. The normalized spacial score (nSPS) is 20.9. The minimum atomic E-state index is -1.06. The number of carbonyl (C=O) groups is 2. The van der Waals surface area contributed by atoms with Gasteiger partial charge < -0.3 is 20.5 Å². The number of carboxylic acids is 1. The number of rotatable bonds is 3. The molecule has 0 spiro atoms. The van der Waals surface area contributed by atoms with E-state index in [2.05, 4.69) is 0 Å². The maximum Gasteiger partial charge on any atom is 0.334 e. The highest BCUT2D eigenvalue weighted by Crippen LogP contribution is 2.15. The summed E-state index contributed by atoms with van der Waals surface area (Å²) in [6.07, 6.45) is -0.972. The van der Waals surface area contributed by atoms with Crippen molar-refractivity contribution in [2.24, 2.45) is 5.73 Å². The van der Waals surface area contributed by atoms with Gasteiger partial charge in [0.25, 0.3) is 0 Å². The van der Waals surface area contributed by atoms with Crippen LogP contribution in [0.1, 0.15) is 11.6 Å². The molecule has 6 heteroatoms. The second-order valence-electron chi connectivity index (χ2n) is 4.37. The van der Waals surface area contributed by atoms with Crippen LogP contribution < -0.4 is 5.73 Å². The monoisotopic (exact) mass is 264 g/mol. The second-order valence-corrected chi connectivity index (χ2v) is 4.37. The number of aliphatic carboxylic acids is 1. The van der Waals surface area contributed by atoms with Gasteiger partial charge in [0.05, 0.1) is 13.2 Å². The van der Waals surface area contributed by atoms with Gasteiger partial charge in [0, 0.05) is 6.54 Å². The largest absolute Gasteiger partial charge is 0.479 e. The zero-order valence-electron chi connectivity index (χ0n) is 10.4. The van der Waals surface area contributed by atoms with Gasteiger partial charge in [-0.05, 0) is 5.56 Å². The third-order valence-corrected chi connectivity index (χ3v) is 3.08. The molecular formula is C13H16N2O4. The summed E-state index contributed by atoms with van der Waals surface area (Å²) in [6, 6.07) is 8.24. The number of morpholine rings is 1. The van der Waals surface area contributed by atoms with Crippen molar-refractivity contribution in [3.8, 4) is 0 Å². The fourth-order valence-corrected chi connectivity index (χ4v) is 2.00. The molecule has 6 nitrogen and oxygen atoms in total. The summed E-state index contributed by atoms with van der Waals surface area (Å²) in [7, 11) is 0. The van der Waals surface area contributed by atoms with E-state index in [9.17, 15) is 9.59 Å². The molecule has 1 aliphatic rings. The summed E-state index contributed by atoms with van der Waals surface area (Å²) in [4.78, 5) is 24.5. The number of nitrogens with two attached hydrogens (primary N) is 1. The molecule has 0 radical (unpaired) electrons. The summed E-state index contributed by atoms with van der Waals surface area (Å²) in [5, 5.41) is 8.90. The van der Waals surface area contributed by atoms with E-state index in [1.165, 1.54) is 4.90 Å². The number of ether oxygens (including phenoxy) is 1. The van der Waals surface area contributed by atoms with Gasteiger partial charge in [-0.1, -0.05) is 30.3 Å². The van der Waals surface area contributed by atoms with Gasteiger partial charge in [-0.25, -0.2) is 4.79 Å². The van der Waals surface area contributed by atoms with Gasteiger partial charge in [0.1, 0.15) is 6.04 Å². The first-order valence-electron chi connectivity index (χ1n) is 6.03. The van der Waals surface area contributed by atoms with Crippen LogP contribution in [-0.2, 0) is 14.3 Å². The molecule has 1 heterocycles. The number of hydrogen-bond donors (Lipinski definition) is 2. The molecule has 0 aliphatic carbocycles. The van der Waals surface area contributed by atoms with E-state index < -0.39 is 18.1 Å². The lowest BCUT2D eigenvalue weighted by Crippen LogP contribution is -2.50. The molecular weight excluding hydrogens is 248 g/mol. The van der Waals surface area contributed by atoms with Gasteiger partial charge in [-0.3, -0.25) is 4.79 Å². The first-order valence-corrected chi connectivity index (χ1v) is 6.03. The van der Waals surface area contributed by atoms with Crippen molar-refractivity contribution in [2.75, 3.05) is 19.7 Å². The summed E-state index contributed by atoms with van der Waals surface area (Å²) in [5.41, 5.74) is 6.63. The fourth-order valence-electron chi connectivity index (χ4n) is 2.00. The van der Waals surface area contributed by atoms with Gasteiger partial charge in [0.2, 0.25) is 5.91 Å². The van der Waals surface area contributed by atoms with E-state index in [1.807, 2.05) is 18.2 Å². The van der Waals surface area contributed by atoms with Gasteiger partial charge in [-0.2, -0.15) is 0 Å². The lowest BCUT2D eigenvalue weighted by molar-refractivity contribution is -0.159. The van der Waals surface area contributed by atoms with Crippen LogP contribution in [0.5, 0.6) is 0 Å². The Bertz CT molecular complexity index is 463. The Labute approximate surface area is 110 Å². The van der Waals surface area contributed by atoms with Gasteiger partial charge in [-0.15, -0.1) is 0 Å². The second kappa shape index (κ2) is 5.81. The summed E-state index contributed by atoms with van der Waals surface area (Å²) in [6.45, 7) is 0.613. The zero-order valence-corrected chi connectivity index (χ0v) is 10.4. The predicted molar refractivity (Wildman–Crippen MR) is 67.3 cm³/mol. The highest BCUT2D eigenvalue weighted by molar-refractivity contribution is 5.84. The van der Waals surface area contributed by atoms with Crippen LogP contribution in [0.3, 0.4) is 0 Å². The molecule has 1 fully saturated rings. The number of carboxylic acid groups (broad SMARTS) is 1. The molecule has 2 rings (SSSR count). The minimum absolute atomic E-state index is 0.0364. The summed E-state index contributed by atoms with van der Waals surface area (Å²) < 4.78 is 5.07. The third-order valence-electron chi connectivity index (χ3n) is 3.08. The third kappa shape index (κ3) is 3.10. The topological polar surface area (TPSA) is 92.9 Å². The average Bonchev–Trinajstić information content (AvgIpc) is 2.46. The molecule has 1 unspecified atom stereocenters. The van der Waals surface area contributed by atoms with Crippen LogP contribution in [-0.4, -0.2) is 47.7 Å². The molecule has 1 aliphatic heterocycles. The van der Waals surface area contributed by atoms with E-state index in [0.29, 0.717) is 12.1 Å². The van der Waals surface area contributed by atoms with Crippen molar-refractivity contribution < 1.29 is 19.4 Å². The Morgan fingerprint density at radius 1 is 1.37 bits per heavy atom. The number of hydrogen-bond acceptors (Lipinski definition) is 4. The Kier molecular flexibility index (Phi) is 4.13. The molecule has 3 N–H and O–H groups in total. The van der Waals surface area contributed by atoms with Crippen molar-refractivity contribution in [1.29, 1.82) is 0 Å². The van der Waals surface area contributed by atoms with Crippen LogP contribution in [0.2, 0.25) is 0 Å². The number of benzene rings is 1. The van der Waals surface area contributed by atoms with Gasteiger partial charge >= 0.3 is 5.97 Å². The van der Waals surface area contributed by atoms with Crippen LogP contribution >= 0.6 is 0 Å². The lowest BCUT2D eigenvalue weighted by Gasteiger charge is -2.32. The molecule has 1 aromatic rings. The SMILES string of the molecule is N[C@@H](C(=O)N1CCOC(C(=O)O)C1)c1ccccc1. The van der Waals surface area contributed by atoms with Crippen molar-refractivity contribution >= 4 is 11.9 Å². The predicted octanol–water partition coefficient (Wildman–Crippen LogP) is -0.00160. The molecule has 1 saturated heterocycles. The van der Waals surface area contributed by atoms with Crippen LogP contribution in [0.15, 0.2) is 30.3 Å². The molecule has 1 amide bonds. The summed E-state index contributed by atoms with van der Waals surface area (Å²) >= 11 is 0. The standard InChI is InChI=1S/C13H16N2O4/c14-11(9-4-2-1-3-5-9)12(16)15-6-7-19-10(8-15)13(17)18/h1-5,10-11H,6-8,14H2,(H,17,18)/t10?,11-/m1/s1. The van der Waals surface area contributed by atoms with E-state index >= 15 is 0 Å². The fraction of sp³-hybridized carbons (Fsp3) is 0.385. The Balaban J connectivity index is 2.05. The first-order chi connectivity index (χ1) is 9.09. The van der Waals surface area contributed by atoms with Crippen molar-refractivity contribution in [3.63, 3.8) is 0 Å². The Morgan fingerprint density at radius 2 is 2.05 bits per heavy atom. The molecule has 2 atom stereocenters. The van der Waals surface area contributed by atoms with E-state index in [1.54, 1.807) is 12.1 Å². The lowest BCUT2D eigenvalue weighted by atomic mass is 10.1. The van der Waals surface area contributed by atoms with Crippen molar-refractivity contribution in [1.82, 2.24) is 4.90 Å². The summed E-state index contributed by atoms with van der Waals surface area (Å²) in [5.74, 6) is -1.34. The van der Waals surface area contributed by atoms with Crippen LogP contribution in [0, 0.1) is 0 Å². The van der Waals surface area contributed by atoms with Gasteiger partial charge in [0.15, 0.2) is 6.10 Å². The Morgan fingerprint density at radius 3 is 2.68 bits per heavy atom.